The number of urea groups is 1. The van der Waals surface area contributed by atoms with Gasteiger partial charge in [-0.05, 0) is 36.8 Å². The summed E-state index contributed by atoms with van der Waals surface area (Å²) in [5.41, 5.74) is 8.28. The van der Waals surface area contributed by atoms with Crippen LogP contribution >= 0.6 is 15.9 Å². The number of benzene rings is 2. The smallest absolute Gasteiger partial charge is 0.340 e. The van der Waals surface area contributed by atoms with E-state index in [1.807, 2.05) is 25.1 Å². The summed E-state index contributed by atoms with van der Waals surface area (Å²) >= 11 is 3.42. The van der Waals surface area contributed by atoms with E-state index in [2.05, 4.69) is 26.3 Å². The lowest BCUT2D eigenvalue weighted by Gasteiger charge is -2.15. The van der Waals surface area contributed by atoms with E-state index in [1.54, 1.807) is 24.3 Å². The Morgan fingerprint density at radius 3 is 2.61 bits per heavy atom. The lowest BCUT2D eigenvalue weighted by molar-refractivity contribution is -0.110. The summed E-state index contributed by atoms with van der Waals surface area (Å²) in [6.07, 6.45) is 0. The van der Waals surface area contributed by atoms with E-state index in [0.717, 1.165) is 15.0 Å². The van der Waals surface area contributed by atoms with Crippen molar-refractivity contribution in [1.29, 1.82) is 0 Å². The van der Waals surface area contributed by atoms with Crippen molar-refractivity contribution < 1.29 is 9.59 Å². The van der Waals surface area contributed by atoms with Gasteiger partial charge in [0, 0.05) is 10.0 Å². The quantitative estimate of drug-likeness (QED) is 0.793. The molecule has 1 aliphatic heterocycles. The van der Waals surface area contributed by atoms with E-state index < -0.39 is 6.03 Å². The fourth-order valence-corrected chi connectivity index (χ4v) is 2.63. The van der Waals surface area contributed by atoms with Crippen LogP contribution in [0.3, 0.4) is 0 Å². The molecule has 0 spiro atoms. The highest BCUT2D eigenvalue weighted by Gasteiger charge is 2.28. The number of hydrogen-bond donors (Lipinski definition) is 2. The number of primary amides is 1. The molecule has 0 radical (unpaired) electrons. The van der Waals surface area contributed by atoms with Gasteiger partial charge in [0.25, 0.3) is 5.91 Å². The zero-order valence-electron chi connectivity index (χ0n) is 12.2. The van der Waals surface area contributed by atoms with Crippen LogP contribution in [0.1, 0.15) is 11.1 Å². The number of anilines is 2. The molecule has 2 aromatic carbocycles. The molecule has 3 rings (SSSR count). The largest absolute Gasteiger partial charge is 0.350 e. The molecule has 23 heavy (non-hydrogen) atoms. The number of aryl methyl sites for hydroxylation is 1. The van der Waals surface area contributed by atoms with Crippen molar-refractivity contribution in [2.75, 3.05) is 10.3 Å². The second kappa shape index (κ2) is 5.85. The van der Waals surface area contributed by atoms with Crippen LogP contribution < -0.4 is 16.1 Å². The first kappa shape index (κ1) is 15.2. The normalized spacial score (nSPS) is 14.5. The minimum Gasteiger partial charge on any atom is -0.350 e. The summed E-state index contributed by atoms with van der Waals surface area (Å²) in [6.45, 7) is 1.91. The maximum atomic E-state index is 12.2. The van der Waals surface area contributed by atoms with Crippen LogP contribution in [-0.4, -0.2) is 17.6 Å². The fraction of sp³-hybridized carbons (Fsp3) is 0.0625. The lowest BCUT2D eigenvalue weighted by atomic mass is 10.1. The van der Waals surface area contributed by atoms with Gasteiger partial charge in [0.05, 0.1) is 11.4 Å². The van der Waals surface area contributed by atoms with Gasteiger partial charge in [-0.1, -0.05) is 34.1 Å². The molecule has 0 aliphatic carbocycles. The first-order chi connectivity index (χ1) is 11.0. The monoisotopic (exact) mass is 372 g/mol. The number of halogens is 1. The van der Waals surface area contributed by atoms with Gasteiger partial charge in [-0.3, -0.25) is 4.79 Å². The molecule has 116 valence electrons. The summed E-state index contributed by atoms with van der Waals surface area (Å²) in [7, 11) is 0. The zero-order valence-corrected chi connectivity index (χ0v) is 13.8. The highest BCUT2D eigenvalue weighted by atomic mass is 79.9. The third-order valence-electron chi connectivity index (χ3n) is 3.43. The minimum atomic E-state index is -0.765. The van der Waals surface area contributed by atoms with Crippen LogP contribution in [0.2, 0.25) is 0 Å². The second-order valence-corrected chi connectivity index (χ2v) is 5.89. The molecule has 3 N–H and O–H groups in total. The van der Waals surface area contributed by atoms with E-state index in [4.69, 9.17) is 5.73 Å². The van der Waals surface area contributed by atoms with Gasteiger partial charge in [0.2, 0.25) is 0 Å². The molecule has 6 nitrogen and oxygen atoms in total. The number of hydrazone groups is 1. The van der Waals surface area contributed by atoms with E-state index in [-0.39, 0.29) is 11.6 Å². The minimum absolute atomic E-state index is 0.151. The summed E-state index contributed by atoms with van der Waals surface area (Å²) in [6, 6.07) is 11.6. The highest BCUT2D eigenvalue weighted by molar-refractivity contribution is 9.10. The maximum Gasteiger partial charge on any atom is 0.340 e. The second-order valence-electron chi connectivity index (χ2n) is 5.04. The van der Waals surface area contributed by atoms with Crippen molar-refractivity contribution in [1.82, 2.24) is 0 Å². The molecule has 1 heterocycles. The van der Waals surface area contributed by atoms with Crippen LogP contribution in [0.5, 0.6) is 0 Å². The number of carbonyl (C=O) groups excluding carboxylic acids is 2. The van der Waals surface area contributed by atoms with Gasteiger partial charge in [0.1, 0.15) is 0 Å². The van der Waals surface area contributed by atoms with Gasteiger partial charge in [0.15, 0.2) is 5.71 Å². The lowest BCUT2D eigenvalue weighted by Crippen LogP contribution is -2.33. The molecule has 0 bridgehead atoms. The molecule has 0 saturated carbocycles. The summed E-state index contributed by atoms with van der Waals surface area (Å²) in [4.78, 5) is 23.9. The Morgan fingerprint density at radius 2 is 1.96 bits per heavy atom. The third-order valence-corrected chi connectivity index (χ3v) is 4.28. The Morgan fingerprint density at radius 1 is 1.26 bits per heavy atom. The standard InChI is InChI=1S/C16H13BrN4O2/c1-9-7-11-13(8-12(9)17)19-15(22)14(11)20-21(16(18)23)10-5-3-2-4-6-10/h2-8H,1H3,(H2,18,23)(H,19,20,22). The predicted molar refractivity (Wildman–Crippen MR) is 92.6 cm³/mol. The topological polar surface area (TPSA) is 87.8 Å². The average molecular weight is 373 g/mol. The first-order valence-electron chi connectivity index (χ1n) is 6.82. The molecule has 0 atom stereocenters. The molecule has 1 aliphatic rings. The molecule has 0 fully saturated rings. The fourth-order valence-electron chi connectivity index (χ4n) is 2.29. The van der Waals surface area contributed by atoms with Crippen molar-refractivity contribution in [2.45, 2.75) is 6.92 Å². The van der Waals surface area contributed by atoms with Gasteiger partial charge in [-0.25, -0.2) is 4.79 Å². The highest BCUT2D eigenvalue weighted by Crippen LogP contribution is 2.30. The maximum absolute atomic E-state index is 12.2. The number of nitrogens with one attached hydrogen (secondary N) is 1. The van der Waals surface area contributed by atoms with Gasteiger partial charge in [-0.2, -0.15) is 10.1 Å². The summed E-state index contributed by atoms with van der Waals surface area (Å²) in [5.74, 6) is -0.375. The van der Waals surface area contributed by atoms with Crippen LogP contribution in [0, 0.1) is 6.92 Å². The van der Waals surface area contributed by atoms with E-state index >= 15 is 0 Å². The zero-order chi connectivity index (χ0) is 16.6. The van der Waals surface area contributed by atoms with Crippen LogP contribution in [-0.2, 0) is 4.79 Å². The number of hydrogen-bond acceptors (Lipinski definition) is 3. The Kier molecular flexibility index (Phi) is 3.87. The van der Waals surface area contributed by atoms with E-state index in [0.29, 0.717) is 16.9 Å². The Hall–Kier alpha value is -2.67. The number of amides is 3. The summed E-state index contributed by atoms with van der Waals surface area (Å²) < 4.78 is 0.882. The van der Waals surface area contributed by atoms with E-state index in [9.17, 15) is 9.59 Å². The molecule has 0 saturated heterocycles. The Bertz CT molecular complexity index is 833. The van der Waals surface area contributed by atoms with Gasteiger partial charge in [-0.15, -0.1) is 0 Å². The number of nitrogens with two attached hydrogens (primary N) is 1. The SMILES string of the molecule is Cc1cc2c(cc1Br)NC(=O)/C2=N/N(C(N)=O)c1ccccc1. The van der Waals surface area contributed by atoms with Crippen LogP contribution in [0.4, 0.5) is 16.2 Å². The van der Waals surface area contributed by atoms with Crippen LogP contribution in [0.15, 0.2) is 52.0 Å². The van der Waals surface area contributed by atoms with Crippen molar-refractivity contribution in [3.63, 3.8) is 0 Å². The van der Waals surface area contributed by atoms with Gasteiger partial charge < -0.3 is 11.1 Å². The molecule has 0 aromatic heterocycles. The number of nitrogens with zero attached hydrogens (tertiary/aromatic N) is 2. The third kappa shape index (κ3) is 2.83. The molecule has 2 aromatic rings. The number of fused-ring (bicyclic) bond motifs is 1. The van der Waals surface area contributed by atoms with Crippen molar-refractivity contribution in [3.8, 4) is 0 Å². The predicted octanol–water partition coefficient (Wildman–Crippen LogP) is 3.00. The first-order valence-corrected chi connectivity index (χ1v) is 7.62. The molecule has 3 amide bonds. The summed E-state index contributed by atoms with van der Waals surface area (Å²) in [5, 5.41) is 7.93. The molecular weight excluding hydrogens is 360 g/mol. The molecular formula is C16H13BrN4O2. The Balaban J connectivity index is 2.10. The number of rotatable bonds is 2. The molecule has 7 heteroatoms. The Labute approximate surface area is 141 Å². The van der Waals surface area contributed by atoms with Crippen molar-refractivity contribution in [3.05, 3.63) is 58.1 Å². The van der Waals surface area contributed by atoms with Crippen molar-refractivity contribution in [2.24, 2.45) is 10.8 Å². The van der Waals surface area contributed by atoms with Crippen LogP contribution in [0.25, 0.3) is 0 Å². The number of carbonyl (C=O) groups is 2. The molecule has 0 unspecified atom stereocenters. The van der Waals surface area contributed by atoms with Gasteiger partial charge >= 0.3 is 6.03 Å². The van der Waals surface area contributed by atoms with Crippen molar-refractivity contribution >= 4 is 45.0 Å². The average Bonchev–Trinajstić information content (AvgIpc) is 2.81. The van der Waals surface area contributed by atoms with E-state index in [1.165, 1.54) is 0 Å². The number of para-hydroxylation sites is 1.